The van der Waals surface area contributed by atoms with Crippen LogP contribution in [0, 0.1) is 0 Å². The summed E-state index contributed by atoms with van der Waals surface area (Å²) in [7, 11) is 0. The van der Waals surface area contributed by atoms with Crippen LogP contribution in [0.25, 0.3) is 0 Å². The van der Waals surface area contributed by atoms with Crippen molar-refractivity contribution in [2.24, 2.45) is 0 Å². The molecule has 0 amide bonds. The van der Waals surface area contributed by atoms with Crippen LogP contribution in [0.2, 0.25) is 0 Å². The molecule has 0 atom stereocenters. The molecule has 0 saturated heterocycles. The van der Waals surface area contributed by atoms with Crippen LogP contribution >= 0.6 is 0 Å². The molecule has 0 fully saturated rings. The number of nitrogens with zero attached hydrogens (tertiary/aromatic N) is 1. The number of aryl methyl sites for hydroxylation is 1. The molecule has 12 heavy (non-hydrogen) atoms. The lowest BCUT2D eigenvalue weighted by Gasteiger charge is -2.03. The van der Waals surface area contributed by atoms with Crippen molar-refractivity contribution in [3.05, 3.63) is 36.2 Å². The number of allylic oxidation sites excluding steroid dienone is 1. The van der Waals surface area contributed by atoms with Gasteiger partial charge in [-0.1, -0.05) is 5.57 Å². The summed E-state index contributed by atoms with van der Waals surface area (Å²) in [5.41, 5.74) is 8.85. The molecule has 0 aliphatic rings. The average Bonchev–Trinajstić information content (AvgIpc) is 2.03. The normalized spacial score (nSPS) is 9.75. The first-order valence-corrected chi connectivity index (χ1v) is 4.03. The number of aromatic nitrogens is 1. The van der Waals surface area contributed by atoms with Gasteiger partial charge in [-0.25, -0.2) is 0 Å². The van der Waals surface area contributed by atoms with Crippen molar-refractivity contribution in [3.63, 3.8) is 0 Å². The van der Waals surface area contributed by atoms with Gasteiger partial charge in [0, 0.05) is 18.1 Å². The average molecular weight is 162 g/mol. The van der Waals surface area contributed by atoms with E-state index in [4.69, 9.17) is 5.73 Å². The zero-order chi connectivity index (χ0) is 8.97. The van der Waals surface area contributed by atoms with E-state index in [1.807, 2.05) is 19.2 Å². The molecule has 2 nitrogen and oxygen atoms in total. The van der Waals surface area contributed by atoms with Gasteiger partial charge in [-0.2, -0.15) is 0 Å². The topological polar surface area (TPSA) is 38.9 Å². The van der Waals surface area contributed by atoms with Gasteiger partial charge in [0.15, 0.2) is 0 Å². The van der Waals surface area contributed by atoms with Crippen molar-refractivity contribution in [1.29, 1.82) is 0 Å². The number of pyridine rings is 1. The number of hydrogen-bond donors (Lipinski definition) is 1. The molecule has 0 saturated carbocycles. The van der Waals surface area contributed by atoms with Crippen LogP contribution in [0.5, 0.6) is 0 Å². The molecule has 0 bridgehead atoms. The Bertz CT molecular complexity index is 279. The van der Waals surface area contributed by atoms with Crippen molar-refractivity contribution >= 4 is 5.69 Å². The second-order valence-corrected chi connectivity index (χ2v) is 3.03. The molecule has 2 N–H and O–H groups in total. The van der Waals surface area contributed by atoms with E-state index in [0.717, 1.165) is 24.1 Å². The Kier molecular flexibility index (Phi) is 2.86. The largest absolute Gasteiger partial charge is 0.398 e. The first-order valence-electron chi connectivity index (χ1n) is 4.03. The van der Waals surface area contributed by atoms with Gasteiger partial charge in [0.05, 0.1) is 0 Å². The summed E-state index contributed by atoms with van der Waals surface area (Å²) in [6, 6.07) is 1.83. The summed E-state index contributed by atoms with van der Waals surface area (Å²) >= 11 is 0. The van der Waals surface area contributed by atoms with Gasteiger partial charge in [0.2, 0.25) is 0 Å². The Labute approximate surface area is 73.1 Å². The quantitative estimate of drug-likeness (QED) is 0.692. The predicted molar refractivity (Wildman–Crippen MR) is 51.8 cm³/mol. The fourth-order valence-corrected chi connectivity index (χ4v) is 0.995. The number of nitrogen functional groups attached to an aromatic ring is 1. The first kappa shape index (κ1) is 8.78. The third-order valence-electron chi connectivity index (χ3n) is 1.76. The van der Waals surface area contributed by atoms with Gasteiger partial charge in [-0.15, -0.1) is 6.58 Å². The zero-order valence-electron chi connectivity index (χ0n) is 7.38. The van der Waals surface area contributed by atoms with Crippen LogP contribution in [-0.2, 0) is 6.42 Å². The summed E-state index contributed by atoms with van der Waals surface area (Å²) in [5, 5.41) is 0. The SMILES string of the molecule is C=C(C)CCc1cnccc1N. The van der Waals surface area contributed by atoms with Gasteiger partial charge in [0.1, 0.15) is 0 Å². The smallest absolute Gasteiger partial charge is 0.0377 e. The molecule has 0 spiro atoms. The Morgan fingerprint density at radius 3 is 3.00 bits per heavy atom. The molecule has 1 rings (SSSR count). The molecule has 1 aromatic rings. The molecular formula is C10H14N2. The summed E-state index contributed by atoms with van der Waals surface area (Å²) < 4.78 is 0. The van der Waals surface area contributed by atoms with E-state index < -0.39 is 0 Å². The van der Waals surface area contributed by atoms with Crippen LogP contribution in [0.3, 0.4) is 0 Å². The summed E-state index contributed by atoms with van der Waals surface area (Å²) in [5.74, 6) is 0. The molecule has 0 aromatic carbocycles. The maximum Gasteiger partial charge on any atom is 0.0377 e. The van der Waals surface area contributed by atoms with Crippen LogP contribution in [-0.4, -0.2) is 4.98 Å². The predicted octanol–water partition coefficient (Wildman–Crippen LogP) is 2.17. The van der Waals surface area contributed by atoms with E-state index in [1.165, 1.54) is 5.57 Å². The van der Waals surface area contributed by atoms with Crippen molar-refractivity contribution in [2.45, 2.75) is 19.8 Å². The first-order chi connectivity index (χ1) is 5.70. The molecule has 0 radical (unpaired) electrons. The minimum atomic E-state index is 0.825. The van der Waals surface area contributed by atoms with E-state index in [2.05, 4.69) is 11.6 Å². The molecule has 0 unspecified atom stereocenters. The second kappa shape index (κ2) is 3.90. The molecule has 1 heterocycles. The number of anilines is 1. The minimum Gasteiger partial charge on any atom is -0.398 e. The van der Waals surface area contributed by atoms with Crippen LogP contribution in [0.1, 0.15) is 18.9 Å². The number of nitrogens with two attached hydrogens (primary N) is 1. The number of hydrogen-bond acceptors (Lipinski definition) is 2. The maximum atomic E-state index is 5.74. The Hall–Kier alpha value is -1.31. The molecule has 64 valence electrons. The van der Waals surface area contributed by atoms with Gasteiger partial charge in [-0.3, -0.25) is 4.98 Å². The Morgan fingerprint density at radius 1 is 1.67 bits per heavy atom. The van der Waals surface area contributed by atoms with Crippen molar-refractivity contribution in [3.8, 4) is 0 Å². The van der Waals surface area contributed by atoms with Gasteiger partial charge in [-0.05, 0) is 31.4 Å². The van der Waals surface area contributed by atoms with E-state index in [-0.39, 0.29) is 0 Å². The summed E-state index contributed by atoms with van der Waals surface area (Å²) in [4.78, 5) is 4.01. The highest BCUT2D eigenvalue weighted by molar-refractivity contribution is 5.44. The van der Waals surface area contributed by atoms with Crippen LogP contribution in [0.15, 0.2) is 30.6 Å². The molecular weight excluding hydrogens is 148 g/mol. The molecule has 2 heteroatoms. The monoisotopic (exact) mass is 162 g/mol. The lowest BCUT2D eigenvalue weighted by atomic mass is 10.1. The van der Waals surface area contributed by atoms with E-state index >= 15 is 0 Å². The van der Waals surface area contributed by atoms with Crippen LogP contribution < -0.4 is 5.73 Å². The van der Waals surface area contributed by atoms with Crippen molar-refractivity contribution < 1.29 is 0 Å². The number of rotatable bonds is 3. The van der Waals surface area contributed by atoms with Crippen LogP contribution in [0.4, 0.5) is 5.69 Å². The Morgan fingerprint density at radius 2 is 2.42 bits per heavy atom. The van der Waals surface area contributed by atoms with Gasteiger partial charge < -0.3 is 5.73 Å². The lowest BCUT2D eigenvalue weighted by molar-refractivity contribution is 0.940. The van der Waals surface area contributed by atoms with E-state index in [1.54, 1.807) is 6.20 Å². The van der Waals surface area contributed by atoms with E-state index in [0.29, 0.717) is 0 Å². The highest BCUT2D eigenvalue weighted by Crippen LogP contribution is 2.12. The fourth-order valence-electron chi connectivity index (χ4n) is 0.995. The third kappa shape index (κ3) is 2.38. The molecule has 0 aliphatic heterocycles. The Balaban J connectivity index is 2.63. The summed E-state index contributed by atoms with van der Waals surface area (Å²) in [6.07, 6.45) is 5.45. The van der Waals surface area contributed by atoms with Gasteiger partial charge in [0.25, 0.3) is 0 Å². The van der Waals surface area contributed by atoms with E-state index in [9.17, 15) is 0 Å². The molecule has 0 aliphatic carbocycles. The highest BCUT2D eigenvalue weighted by atomic mass is 14.7. The highest BCUT2D eigenvalue weighted by Gasteiger charge is 1.97. The standard InChI is InChI=1S/C10H14N2/c1-8(2)3-4-9-7-12-6-5-10(9)11/h5-7H,1,3-4H2,2H3,(H2,11,12). The van der Waals surface area contributed by atoms with Gasteiger partial charge >= 0.3 is 0 Å². The molecule has 1 aromatic heterocycles. The lowest BCUT2D eigenvalue weighted by Crippen LogP contribution is -1.95. The third-order valence-corrected chi connectivity index (χ3v) is 1.76. The maximum absolute atomic E-state index is 5.74. The van der Waals surface area contributed by atoms with Crippen molar-refractivity contribution in [1.82, 2.24) is 4.98 Å². The van der Waals surface area contributed by atoms with Crippen molar-refractivity contribution in [2.75, 3.05) is 5.73 Å². The fraction of sp³-hybridized carbons (Fsp3) is 0.300. The zero-order valence-corrected chi connectivity index (χ0v) is 7.38. The summed E-state index contributed by atoms with van der Waals surface area (Å²) in [6.45, 7) is 5.86. The second-order valence-electron chi connectivity index (χ2n) is 3.03. The minimum absolute atomic E-state index is 0.825.